The van der Waals surface area contributed by atoms with Crippen molar-refractivity contribution in [1.82, 2.24) is 20.5 Å². The zero-order valence-corrected chi connectivity index (χ0v) is 7.20. The molecule has 0 aliphatic carbocycles. The van der Waals surface area contributed by atoms with E-state index in [0.29, 0.717) is 5.82 Å². The van der Waals surface area contributed by atoms with Gasteiger partial charge in [0.05, 0.1) is 13.0 Å². The van der Waals surface area contributed by atoms with Crippen LogP contribution in [0, 0.1) is 0 Å². The minimum atomic E-state index is -0.302. The number of Topliss-reactive ketones (excluding diaryl/α,β-unsaturated/α-hetero) is 1. The molecule has 0 aliphatic rings. The van der Waals surface area contributed by atoms with E-state index in [0.717, 1.165) is 0 Å². The molecule has 70 valence electrons. The molecule has 1 rings (SSSR count). The summed E-state index contributed by atoms with van der Waals surface area (Å²) >= 11 is 0. The van der Waals surface area contributed by atoms with Crippen LogP contribution in [0.5, 0.6) is 0 Å². The van der Waals surface area contributed by atoms with E-state index in [1.54, 1.807) is 0 Å². The maximum absolute atomic E-state index is 11.0. The number of aromatic amines is 1. The Morgan fingerprint density at radius 2 is 2.38 bits per heavy atom. The predicted octanol–water partition coefficient (Wildman–Crippen LogP) is -0.600. The van der Waals surface area contributed by atoms with Crippen LogP contribution >= 0.6 is 0 Å². The van der Waals surface area contributed by atoms with E-state index in [4.69, 9.17) is 0 Å². The second kappa shape index (κ2) is 4.34. The van der Waals surface area contributed by atoms with Gasteiger partial charge in [-0.05, 0) is 6.92 Å². The number of nitrogens with one attached hydrogen (secondary N) is 2. The first kappa shape index (κ1) is 9.37. The van der Waals surface area contributed by atoms with Crippen LogP contribution in [0.1, 0.15) is 19.2 Å². The molecule has 2 N–H and O–H groups in total. The highest BCUT2D eigenvalue weighted by Crippen LogP contribution is 1.86. The van der Waals surface area contributed by atoms with Gasteiger partial charge in [-0.1, -0.05) is 0 Å². The van der Waals surface area contributed by atoms with Gasteiger partial charge in [-0.15, -0.1) is 0 Å². The van der Waals surface area contributed by atoms with Gasteiger partial charge in [0.25, 0.3) is 0 Å². The Morgan fingerprint density at radius 1 is 1.62 bits per heavy atom. The van der Waals surface area contributed by atoms with Crippen molar-refractivity contribution in [3.8, 4) is 0 Å². The minimum Gasteiger partial charge on any atom is -0.348 e. The van der Waals surface area contributed by atoms with Crippen LogP contribution in [-0.2, 0) is 16.1 Å². The molecule has 13 heavy (non-hydrogen) atoms. The Balaban J connectivity index is 2.27. The molecule has 0 saturated carbocycles. The Morgan fingerprint density at radius 3 is 2.92 bits per heavy atom. The highest BCUT2D eigenvalue weighted by molar-refractivity contribution is 5.96. The lowest BCUT2D eigenvalue weighted by Gasteiger charge is -1.99. The summed E-state index contributed by atoms with van der Waals surface area (Å²) in [4.78, 5) is 25.3. The van der Waals surface area contributed by atoms with Crippen molar-refractivity contribution in [2.24, 2.45) is 0 Å². The number of rotatable bonds is 4. The first-order valence-electron chi connectivity index (χ1n) is 3.79. The van der Waals surface area contributed by atoms with Gasteiger partial charge in [0, 0.05) is 0 Å². The third kappa shape index (κ3) is 3.46. The molecule has 0 aromatic carbocycles. The molecule has 0 spiro atoms. The molecule has 0 bridgehead atoms. The van der Waals surface area contributed by atoms with Crippen LogP contribution in [0.3, 0.4) is 0 Å². The summed E-state index contributed by atoms with van der Waals surface area (Å²) in [5.41, 5.74) is 0. The molecule has 0 unspecified atom stereocenters. The average molecular weight is 182 g/mol. The van der Waals surface area contributed by atoms with E-state index in [1.807, 2.05) is 0 Å². The molecular formula is C7H10N4O2. The third-order valence-corrected chi connectivity index (χ3v) is 1.33. The topological polar surface area (TPSA) is 87.7 Å². The van der Waals surface area contributed by atoms with Crippen molar-refractivity contribution in [3.05, 3.63) is 12.2 Å². The van der Waals surface area contributed by atoms with Crippen LogP contribution in [0.4, 0.5) is 0 Å². The van der Waals surface area contributed by atoms with Crippen molar-refractivity contribution in [2.45, 2.75) is 19.9 Å². The summed E-state index contributed by atoms with van der Waals surface area (Å²) in [6.45, 7) is 1.64. The Labute approximate surface area is 74.7 Å². The number of hydrogen-bond donors (Lipinski definition) is 2. The third-order valence-electron chi connectivity index (χ3n) is 1.33. The molecule has 6 heteroatoms. The first-order chi connectivity index (χ1) is 6.18. The standard InChI is InChI=1S/C7H10N4O2/c1-5(12)2-7(13)8-3-6-9-4-10-11-6/h4H,2-3H2,1H3,(H,8,13)(H,9,10,11). The number of carbonyl (C=O) groups is 2. The fraction of sp³-hybridized carbons (Fsp3) is 0.429. The summed E-state index contributed by atoms with van der Waals surface area (Å²) < 4.78 is 0. The zero-order chi connectivity index (χ0) is 9.68. The zero-order valence-electron chi connectivity index (χ0n) is 7.20. The second-order valence-corrected chi connectivity index (χ2v) is 2.59. The van der Waals surface area contributed by atoms with Gasteiger partial charge in [0.1, 0.15) is 17.9 Å². The van der Waals surface area contributed by atoms with E-state index in [-0.39, 0.29) is 24.7 Å². The van der Waals surface area contributed by atoms with Crippen LogP contribution in [0.2, 0.25) is 0 Å². The normalized spacial score (nSPS) is 9.62. The monoisotopic (exact) mass is 182 g/mol. The van der Waals surface area contributed by atoms with Crippen LogP contribution in [0.25, 0.3) is 0 Å². The molecule has 1 aromatic heterocycles. The van der Waals surface area contributed by atoms with Crippen LogP contribution < -0.4 is 5.32 Å². The number of amides is 1. The molecule has 0 radical (unpaired) electrons. The van der Waals surface area contributed by atoms with E-state index in [2.05, 4.69) is 20.5 Å². The molecule has 0 atom stereocenters. The summed E-state index contributed by atoms with van der Waals surface area (Å²) in [6.07, 6.45) is 1.26. The first-order valence-corrected chi connectivity index (χ1v) is 3.79. The second-order valence-electron chi connectivity index (χ2n) is 2.59. The van der Waals surface area contributed by atoms with Gasteiger partial charge in [-0.3, -0.25) is 14.7 Å². The van der Waals surface area contributed by atoms with Gasteiger partial charge < -0.3 is 5.32 Å². The van der Waals surface area contributed by atoms with Crippen molar-refractivity contribution < 1.29 is 9.59 Å². The number of ketones is 1. The summed E-state index contributed by atoms with van der Waals surface area (Å²) in [5, 5.41) is 8.71. The Kier molecular flexibility index (Phi) is 3.13. The largest absolute Gasteiger partial charge is 0.348 e. The molecule has 0 aliphatic heterocycles. The Hall–Kier alpha value is -1.72. The molecule has 6 nitrogen and oxygen atoms in total. The number of carbonyl (C=O) groups excluding carboxylic acids is 2. The lowest BCUT2D eigenvalue weighted by atomic mass is 10.3. The van der Waals surface area contributed by atoms with E-state index in [9.17, 15) is 9.59 Å². The molecule has 1 aromatic rings. The fourth-order valence-electron chi connectivity index (χ4n) is 0.787. The highest BCUT2D eigenvalue weighted by atomic mass is 16.2. The van der Waals surface area contributed by atoms with Crippen LogP contribution in [0.15, 0.2) is 6.33 Å². The number of H-pyrrole nitrogens is 1. The smallest absolute Gasteiger partial charge is 0.227 e. The summed E-state index contributed by atoms with van der Waals surface area (Å²) in [7, 11) is 0. The van der Waals surface area contributed by atoms with E-state index in [1.165, 1.54) is 13.3 Å². The van der Waals surface area contributed by atoms with Gasteiger partial charge in [0.2, 0.25) is 5.91 Å². The van der Waals surface area contributed by atoms with Crippen molar-refractivity contribution >= 4 is 11.7 Å². The van der Waals surface area contributed by atoms with Gasteiger partial charge in [0.15, 0.2) is 0 Å². The summed E-state index contributed by atoms with van der Waals surface area (Å²) in [5.74, 6) is 0.107. The maximum Gasteiger partial charge on any atom is 0.227 e. The van der Waals surface area contributed by atoms with Gasteiger partial charge in [-0.25, -0.2) is 4.98 Å². The summed E-state index contributed by atoms with van der Waals surface area (Å²) in [6, 6.07) is 0. The molecular weight excluding hydrogens is 172 g/mol. The molecule has 0 saturated heterocycles. The van der Waals surface area contributed by atoms with Crippen molar-refractivity contribution in [2.75, 3.05) is 0 Å². The molecule has 0 fully saturated rings. The number of nitrogens with zero attached hydrogens (tertiary/aromatic N) is 2. The quantitative estimate of drug-likeness (QED) is 0.608. The lowest BCUT2D eigenvalue weighted by Crippen LogP contribution is -2.24. The Bertz CT molecular complexity index is 293. The highest BCUT2D eigenvalue weighted by Gasteiger charge is 2.04. The van der Waals surface area contributed by atoms with Crippen molar-refractivity contribution in [1.29, 1.82) is 0 Å². The van der Waals surface area contributed by atoms with E-state index >= 15 is 0 Å². The maximum atomic E-state index is 11.0. The van der Waals surface area contributed by atoms with Crippen molar-refractivity contribution in [3.63, 3.8) is 0 Å². The predicted molar refractivity (Wildman–Crippen MR) is 43.5 cm³/mol. The van der Waals surface area contributed by atoms with Gasteiger partial charge in [-0.2, -0.15) is 5.10 Å². The number of hydrogen-bond acceptors (Lipinski definition) is 4. The number of aromatic nitrogens is 3. The SMILES string of the molecule is CC(=O)CC(=O)NCc1ncn[nH]1. The fourth-order valence-corrected chi connectivity index (χ4v) is 0.787. The molecule has 1 amide bonds. The minimum absolute atomic E-state index is 0.0891. The van der Waals surface area contributed by atoms with E-state index < -0.39 is 0 Å². The van der Waals surface area contributed by atoms with Crippen LogP contribution in [-0.4, -0.2) is 26.9 Å². The van der Waals surface area contributed by atoms with Gasteiger partial charge >= 0.3 is 0 Å². The lowest BCUT2D eigenvalue weighted by molar-refractivity contribution is -0.127. The average Bonchev–Trinajstić information content (AvgIpc) is 2.51. The molecule has 1 heterocycles.